The molecule has 6 heterocycles. The number of aromatic nitrogens is 4. The molecule has 5 nitrogen and oxygen atoms in total. The number of rotatable bonds is 5. The van der Waals surface area contributed by atoms with Gasteiger partial charge in [-0.3, -0.25) is 0 Å². The number of likely N-dealkylation sites (N-methyl/N-ethyl adjacent to an activating group) is 1. The average Bonchev–Trinajstić information content (AvgIpc) is 4.01. The monoisotopic (exact) mass is 702 g/mol. The Balaban J connectivity index is 0.00000374. The molecule has 6 heteroatoms. The first kappa shape index (κ1) is 32.9. The summed E-state index contributed by atoms with van der Waals surface area (Å²) in [6.45, 7) is 5.43. The zero-order chi connectivity index (χ0) is 33.4. The van der Waals surface area contributed by atoms with E-state index in [1.165, 1.54) is 5.56 Å². The predicted molar refractivity (Wildman–Crippen MR) is 207 cm³/mol. The first-order chi connectivity index (χ1) is 24.7. The van der Waals surface area contributed by atoms with Crippen LogP contribution in [-0.4, -0.2) is 34.5 Å². The molecule has 1 radical (unpaired) electrons. The van der Waals surface area contributed by atoms with Crippen molar-refractivity contribution in [3.8, 4) is 33.4 Å². The van der Waals surface area contributed by atoms with Gasteiger partial charge in [0.25, 0.3) is 0 Å². The first-order valence-corrected chi connectivity index (χ1v) is 17.7. The van der Waals surface area contributed by atoms with Crippen molar-refractivity contribution < 1.29 is 17.1 Å². The van der Waals surface area contributed by atoms with Gasteiger partial charge in [0.05, 0.1) is 22.8 Å². The fraction of sp³-hybridized carbons (Fsp3) is 0.156. The minimum Gasteiger partial charge on any atom is -0.657 e. The van der Waals surface area contributed by atoms with Crippen molar-refractivity contribution in [1.82, 2.24) is 24.8 Å². The molecule has 0 saturated carbocycles. The van der Waals surface area contributed by atoms with E-state index in [0.717, 1.165) is 111 Å². The van der Waals surface area contributed by atoms with E-state index in [9.17, 15) is 0 Å². The van der Waals surface area contributed by atoms with Crippen LogP contribution in [0.3, 0.4) is 0 Å². The van der Waals surface area contributed by atoms with Crippen LogP contribution in [0.2, 0.25) is 0 Å². The van der Waals surface area contributed by atoms with E-state index in [1.54, 1.807) is 0 Å². The third kappa shape index (κ3) is 6.21. The van der Waals surface area contributed by atoms with Gasteiger partial charge in [-0.2, -0.15) is 0 Å². The second-order valence-corrected chi connectivity index (χ2v) is 13.2. The molecule has 1 fully saturated rings. The maximum absolute atomic E-state index is 5.44. The minimum absolute atomic E-state index is 0. The Kier molecular flexibility index (Phi) is 9.14. The van der Waals surface area contributed by atoms with Crippen LogP contribution >= 0.6 is 0 Å². The van der Waals surface area contributed by atoms with E-state index in [4.69, 9.17) is 19.9 Å². The summed E-state index contributed by atoms with van der Waals surface area (Å²) in [5.74, 6) is 0.323. The Bertz CT molecular complexity index is 2390. The molecule has 0 aliphatic carbocycles. The summed E-state index contributed by atoms with van der Waals surface area (Å²) in [5, 5.41) is 0. The molecule has 8 bridgehead atoms. The molecule has 1 unspecified atom stereocenters. The van der Waals surface area contributed by atoms with Crippen LogP contribution in [0, 0.1) is 0 Å². The van der Waals surface area contributed by atoms with E-state index in [-0.39, 0.29) is 17.1 Å². The van der Waals surface area contributed by atoms with Crippen LogP contribution in [0.5, 0.6) is 0 Å². The van der Waals surface area contributed by atoms with Crippen molar-refractivity contribution in [2.24, 2.45) is 0 Å². The molecule has 9 rings (SSSR count). The summed E-state index contributed by atoms with van der Waals surface area (Å²) in [4.78, 5) is 24.1. The summed E-state index contributed by atoms with van der Waals surface area (Å²) in [6, 6.07) is 40.2. The van der Waals surface area contributed by atoms with Crippen LogP contribution < -0.4 is 9.97 Å². The Hall–Kier alpha value is -5.26. The van der Waals surface area contributed by atoms with Gasteiger partial charge in [-0.05, 0) is 95.1 Å². The predicted octanol–water partition coefficient (Wildman–Crippen LogP) is 10.1. The van der Waals surface area contributed by atoms with Crippen LogP contribution in [-0.2, 0) is 17.1 Å². The second kappa shape index (κ2) is 14.2. The molecule has 3 aliphatic heterocycles. The molecule has 0 N–H and O–H groups in total. The first-order valence-electron chi connectivity index (χ1n) is 17.7. The van der Waals surface area contributed by atoms with Crippen molar-refractivity contribution in [3.05, 3.63) is 144 Å². The molecule has 0 spiro atoms. The Morgan fingerprint density at radius 3 is 1.43 bits per heavy atom. The van der Waals surface area contributed by atoms with Crippen LogP contribution in [0.25, 0.3) is 79.8 Å². The summed E-state index contributed by atoms with van der Waals surface area (Å²) in [7, 11) is 0. The van der Waals surface area contributed by atoms with Gasteiger partial charge in [0.1, 0.15) is 0 Å². The molecule has 3 aromatic carbocycles. The quantitative estimate of drug-likeness (QED) is 0.167. The van der Waals surface area contributed by atoms with Gasteiger partial charge in [0.2, 0.25) is 0 Å². The van der Waals surface area contributed by atoms with E-state index < -0.39 is 0 Å². The van der Waals surface area contributed by atoms with Crippen molar-refractivity contribution in [2.75, 3.05) is 19.6 Å². The number of likely N-dealkylation sites (tertiary alicyclic amines) is 1. The maximum atomic E-state index is 5.44. The fourth-order valence-corrected chi connectivity index (χ4v) is 7.81. The van der Waals surface area contributed by atoms with Gasteiger partial charge in [-0.25, -0.2) is 9.97 Å². The standard InChI is InChI=1S/C45H37N5.Mn/c1-2-50-28-12-19-33(29-50)45-40-26-24-38(48-40)43(31-15-8-4-9-16-31)36-22-20-34(46-36)42(30-13-6-3-7-14-30)35-21-23-37(47-35)44(32-17-10-5-11-18-32)39-25-27-41(45)49-39;/h3-11,13-18,20-27,33H,2,12,19,28-29H2,1H3;/q-2;+2. The van der Waals surface area contributed by atoms with Crippen molar-refractivity contribution in [1.29, 1.82) is 0 Å². The van der Waals surface area contributed by atoms with E-state index in [0.29, 0.717) is 5.92 Å². The number of piperidine rings is 1. The SMILES string of the molecule is CCN1CCCC(c2c3nc(c(-c4ccccc4)c4ccc([n-]4)c(-c4ccccc4)c4nc(c(-c5ccccc5)c5ccc2[n-]5)C=C4)C=C3)C1.[Mn+2]. The second-order valence-electron chi connectivity index (χ2n) is 13.2. The zero-order valence-corrected chi connectivity index (χ0v) is 29.7. The summed E-state index contributed by atoms with van der Waals surface area (Å²) in [6.07, 6.45) is 10.9. The molecule has 3 aliphatic rings. The number of hydrogen-bond donors (Lipinski definition) is 0. The van der Waals surface area contributed by atoms with Crippen molar-refractivity contribution >= 4 is 46.4 Å². The maximum Gasteiger partial charge on any atom is 2.00 e. The number of benzene rings is 3. The Morgan fingerprint density at radius 1 is 0.549 bits per heavy atom. The largest absolute Gasteiger partial charge is 2.00 e. The molecule has 1 saturated heterocycles. The van der Waals surface area contributed by atoms with E-state index in [2.05, 4.69) is 145 Å². The number of fused-ring (bicyclic) bond motifs is 8. The third-order valence-corrected chi connectivity index (χ3v) is 10.2. The average molecular weight is 703 g/mol. The van der Waals surface area contributed by atoms with Crippen LogP contribution in [0.1, 0.15) is 54.0 Å². The van der Waals surface area contributed by atoms with Crippen molar-refractivity contribution in [3.63, 3.8) is 0 Å². The number of nitrogens with zero attached hydrogens (tertiary/aromatic N) is 5. The molecule has 1 atom stereocenters. The Labute approximate surface area is 309 Å². The van der Waals surface area contributed by atoms with Gasteiger partial charge >= 0.3 is 17.1 Å². The Morgan fingerprint density at radius 2 is 0.961 bits per heavy atom. The van der Waals surface area contributed by atoms with Crippen LogP contribution in [0.4, 0.5) is 0 Å². The van der Waals surface area contributed by atoms with Crippen LogP contribution in [0.15, 0.2) is 115 Å². The molecule has 51 heavy (non-hydrogen) atoms. The van der Waals surface area contributed by atoms with Gasteiger partial charge in [0, 0.05) is 6.54 Å². The van der Waals surface area contributed by atoms with E-state index in [1.807, 2.05) is 6.07 Å². The van der Waals surface area contributed by atoms with Gasteiger partial charge < -0.3 is 14.9 Å². The molecule has 6 aromatic rings. The minimum atomic E-state index is 0. The summed E-state index contributed by atoms with van der Waals surface area (Å²) in [5.41, 5.74) is 14.9. The zero-order valence-electron chi connectivity index (χ0n) is 28.5. The fourth-order valence-electron chi connectivity index (χ4n) is 7.81. The summed E-state index contributed by atoms with van der Waals surface area (Å²) >= 11 is 0. The molecular formula is C45H37MnN5. The molecular weight excluding hydrogens is 665 g/mol. The summed E-state index contributed by atoms with van der Waals surface area (Å²) < 4.78 is 0. The molecule has 0 amide bonds. The van der Waals surface area contributed by atoms with Crippen molar-refractivity contribution in [2.45, 2.75) is 25.7 Å². The normalized spacial score (nSPS) is 15.5. The topological polar surface area (TPSA) is 57.2 Å². The third-order valence-electron chi connectivity index (χ3n) is 10.2. The smallest absolute Gasteiger partial charge is 0.657 e. The van der Waals surface area contributed by atoms with Gasteiger partial charge in [0.15, 0.2) is 0 Å². The van der Waals surface area contributed by atoms with Gasteiger partial charge in [-0.1, -0.05) is 122 Å². The van der Waals surface area contributed by atoms with E-state index >= 15 is 0 Å². The molecule has 249 valence electrons. The molecule has 3 aromatic heterocycles. The van der Waals surface area contributed by atoms with Gasteiger partial charge in [-0.15, -0.1) is 22.1 Å². The number of hydrogen-bond acceptors (Lipinski definition) is 3.